The second-order valence-corrected chi connectivity index (χ2v) is 6.10. The molecule has 0 saturated heterocycles. The Morgan fingerprint density at radius 3 is 2.40 bits per heavy atom. The maximum atomic E-state index is 13.1. The third-order valence-electron chi connectivity index (χ3n) is 3.24. The Balaban J connectivity index is 0.00000109. The fraction of sp³-hybridized carbons (Fsp3) is 0.278. The highest BCUT2D eigenvalue weighted by Gasteiger charge is 2.20. The summed E-state index contributed by atoms with van der Waals surface area (Å²) < 4.78 is 19.7. The molecule has 0 saturated carbocycles. The van der Waals surface area contributed by atoms with E-state index in [4.69, 9.17) is 4.74 Å². The number of thiazole rings is 1. The molecule has 0 N–H and O–H groups in total. The highest BCUT2D eigenvalue weighted by Crippen LogP contribution is 2.29. The largest absolute Gasteiger partial charge is 0.460 e. The number of hydrogen-bond acceptors (Lipinski definition) is 5. The van der Waals surface area contributed by atoms with Crippen LogP contribution in [0.5, 0.6) is 0 Å². The number of ketones is 1. The summed E-state index contributed by atoms with van der Waals surface area (Å²) in [4.78, 5) is 28.8. The van der Waals surface area contributed by atoms with E-state index < -0.39 is 0 Å². The molecule has 3 aromatic rings. The molecule has 0 fully saturated rings. The summed E-state index contributed by atoms with van der Waals surface area (Å²) in [7, 11) is 0. The van der Waals surface area contributed by atoms with E-state index in [0.29, 0.717) is 21.9 Å². The van der Waals surface area contributed by atoms with Crippen LogP contribution in [0, 0.1) is 5.82 Å². The Labute approximate surface area is 149 Å². The lowest BCUT2D eigenvalue weighted by Crippen LogP contribution is -2.00. The van der Waals surface area contributed by atoms with Gasteiger partial charge < -0.3 is 4.74 Å². The van der Waals surface area contributed by atoms with Crippen LogP contribution in [-0.4, -0.2) is 21.1 Å². The molecular formula is C18H19FN2O3S. The van der Waals surface area contributed by atoms with E-state index in [0.717, 1.165) is 4.88 Å². The number of nitrogens with zero attached hydrogens (tertiary/aromatic N) is 2. The van der Waals surface area contributed by atoms with Gasteiger partial charge >= 0.3 is 5.97 Å². The van der Waals surface area contributed by atoms with E-state index in [1.54, 1.807) is 22.7 Å². The minimum Gasteiger partial charge on any atom is -0.460 e. The van der Waals surface area contributed by atoms with Crippen molar-refractivity contribution in [1.29, 1.82) is 0 Å². The maximum Gasteiger partial charge on any atom is 0.302 e. The summed E-state index contributed by atoms with van der Waals surface area (Å²) in [5.74, 6) is -0.855. The van der Waals surface area contributed by atoms with Crippen LogP contribution >= 0.6 is 11.3 Å². The molecule has 0 radical (unpaired) electrons. The van der Waals surface area contributed by atoms with Crippen LogP contribution in [0.3, 0.4) is 0 Å². The van der Waals surface area contributed by atoms with E-state index in [2.05, 4.69) is 4.98 Å². The summed E-state index contributed by atoms with van der Waals surface area (Å²) in [5.41, 5.74) is 1.62. The molecule has 2 aromatic heterocycles. The van der Waals surface area contributed by atoms with Crippen LogP contribution in [0.1, 0.15) is 43.1 Å². The molecule has 1 aromatic carbocycles. The van der Waals surface area contributed by atoms with Crippen molar-refractivity contribution in [2.45, 2.75) is 34.3 Å². The van der Waals surface area contributed by atoms with Crippen LogP contribution in [0.4, 0.5) is 4.39 Å². The lowest BCUT2D eigenvalue weighted by Gasteiger charge is -2.01. The zero-order valence-corrected chi connectivity index (χ0v) is 15.3. The molecule has 132 valence electrons. The van der Waals surface area contributed by atoms with E-state index in [9.17, 15) is 14.0 Å². The number of fused-ring (bicyclic) bond motifs is 1. The highest BCUT2D eigenvalue weighted by atomic mass is 32.1. The molecule has 3 rings (SSSR count). The Bertz CT molecular complexity index is 897. The smallest absolute Gasteiger partial charge is 0.302 e. The van der Waals surface area contributed by atoms with E-state index in [-0.39, 0.29) is 24.2 Å². The normalized spacial score (nSPS) is 10.3. The number of benzene rings is 1. The minimum absolute atomic E-state index is 0.145. The molecule has 0 atom stereocenters. The van der Waals surface area contributed by atoms with Crippen LogP contribution in [0.2, 0.25) is 0 Å². The van der Waals surface area contributed by atoms with Gasteiger partial charge in [-0.15, -0.1) is 0 Å². The maximum absolute atomic E-state index is 13.1. The van der Waals surface area contributed by atoms with Gasteiger partial charge in [0.25, 0.3) is 0 Å². The summed E-state index contributed by atoms with van der Waals surface area (Å²) in [6.45, 7) is 6.94. The van der Waals surface area contributed by atoms with Crippen LogP contribution < -0.4 is 0 Å². The van der Waals surface area contributed by atoms with Crippen molar-refractivity contribution in [3.05, 3.63) is 46.9 Å². The van der Waals surface area contributed by atoms with Crippen molar-refractivity contribution in [2.75, 3.05) is 0 Å². The third-order valence-corrected chi connectivity index (χ3v) is 4.20. The Morgan fingerprint density at radius 1 is 1.20 bits per heavy atom. The van der Waals surface area contributed by atoms with Gasteiger partial charge in [0.2, 0.25) is 0 Å². The molecule has 25 heavy (non-hydrogen) atoms. The number of esters is 1. The monoisotopic (exact) mass is 362 g/mol. The molecule has 0 unspecified atom stereocenters. The van der Waals surface area contributed by atoms with Crippen molar-refractivity contribution in [3.63, 3.8) is 0 Å². The van der Waals surface area contributed by atoms with Gasteiger partial charge in [-0.3, -0.25) is 14.0 Å². The van der Waals surface area contributed by atoms with Crippen molar-refractivity contribution in [2.24, 2.45) is 0 Å². The highest BCUT2D eigenvalue weighted by molar-refractivity contribution is 7.17. The molecule has 0 spiro atoms. The van der Waals surface area contributed by atoms with Crippen molar-refractivity contribution < 1.29 is 18.7 Å². The minimum atomic E-state index is -0.366. The zero-order valence-electron chi connectivity index (χ0n) is 14.5. The van der Waals surface area contributed by atoms with E-state index in [1.807, 2.05) is 13.8 Å². The topological polar surface area (TPSA) is 60.7 Å². The van der Waals surface area contributed by atoms with Crippen molar-refractivity contribution in [1.82, 2.24) is 9.38 Å². The summed E-state index contributed by atoms with van der Waals surface area (Å²) in [6, 6.07) is 5.85. The van der Waals surface area contributed by atoms with Gasteiger partial charge in [0.15, 0.2) is 10.7 Å². The number of carbonyl (C=O) groups is 2. The van der Waals surface area contributed by atoms with Gasteiger partial charge in [-0.1, -0.05) is 25.2 Å². The van der Waals surface area contributed by atoms with Gasteiger partial charge in [-0.25, -0.2) is 9.37 Å². The van der Waals surface area contributed by atoms with Gasteiger partial charge in [-0.05, 0) is 24.3 Å². The molecule has 0 aliphatic carbocycles. The average molecular weight is 362 g/mol. The Kier molecular flexibility index (Phi) is 6.03. The molecule has 5 nitrogen and oxygen atoms in total. The van der Waals surface area contributed by atoms with Crippen molar-refractivity contribution >= 4 is 28.1 Å². The number of hydrogen-bond donors (Lipinski definition) is 0. The lowest BCUT2D eigenvalue weighted by atomic mass is 10.1. The van der Waals surface area contributed by atoms with E-state index >= 15 is 0 Å². The molecule has 0 aliphatic rings. The summed E-state index contributed by atoms with van der Waals surface area (Å²) in [6.07, 6.45) is 1.74. The molecule has 0 bridgehead atoms. The fourth-order valence-corrected chi connectivity index (χ4v) is 3.17. The van der Waals surface area contributed by atoms with Gasteiger partial charge in [0.1, 0.15) is 23.8 Å². The number of aromatic nitrogens is 2. The molecule has 7 heteroatoms. The number of halogens is 1. The Hall–Kier alpha value is -2.54. The van der Waals surface area contributed by atoms with Crippen LogP contribution in [0.25, 0.3) is 16.2 Å². The molecule has 2 heterocycles. The van der Waals surface area contributed by atoms with Gasteiger partial charge in [0, 0.05) is 25.6 Å². The second-order valence-electron chi connectivity index (χ2n) is 5.00. The standard InChI is InChI=1S/C16H13FN2O3S.C2H6/c1-9(20)15-14(11-3-5-12(17)6-4-11)18-16-19(15)7-13(23-16)8-22-10(2)21;1-2/h3-7H,8H2,1-2H3;1-2H3. The second kappa shape index (κ2) is 8.02. The number of ether oxygens (including phenoxy) is 1. The van der Waals surface area contributed by atoms with Gasteiger partial charge in [-0.2, -0.15) is 0 Å². The molecular weight excluding hydrogens is 343 g/mol. The predicted molar refractivity (Wildman–Crippen MR) is 95.3 cm³/mol. The first kappa shape index (κ1) is 18.8. The number of rotatable bonds is 4. The first-order valence-corrected chi connectivity index (χ1v) is 8.68. The average Bonchev–Trinajstić information content (AvgIpc) is 3.12. The molecule has 0 amide bonds. The molecule has 0 aliphatic heterocycles. The fourth-order valence-electron chi connectivity index (χ4n) is 2.28. The number of carbonyl (C=O) groups excluding carboxylic acids is 2. The number of imidazole rings is 1. The first-order valence-electron chi connectivity index (χ1n) is 7.86. The third kappa shape index (κ3) is 4.11. The lowest BCUT2D eigenvalue weighted by molar-refractivity contribution is -0.142. The zero-order chi connectivity index (χ0) is 18.6. The predicted octanol–water partition coefficient (Wildman–Crippen LogP) is 4.49. The van der Waals surface area contributed by atoms with E-state index in [1.165, 1.54) is 37.3 Å². The Morgan fingerprint density at radius 2 is 1.84 bits per heavy atom. The summed E-state index contributed by atoms with van der Waals surface area (Å²) in [5, 5.41) is 0. The van der Waals surface area contributed by atoms with Crippen LogP contribution in [-0.2, 0) is 16.1 Å². The first-order chi connectivity index (χ1) is 12.0. The number of Topliss-reactive ketones (excluding diaryl/α,β-unsaturated/α-hetero) is 1. The SMILES string of the molecule is CC.CC(=O)OCc1cn2c(C(C)=O)c(-c3ccc(F)cc3)nc2s1. The van der Waals surface area contributed by atoms with Crippen LogP contribution in [0.15, 0.2) is 30.5 Å². The quantitative estimate of drug-likeness (QED) is 0.507. The van der Waals surface area contributed by atoms with Crippen molar-refractivity contribution in [3.8, 4) is 11.3 Å². The summed E-state index contributed by atoms with van der Waals surface area (Å²) >= 11 is 1.34. The van der Waals surface area contributed by atoms with Gasteiger partial charge in [0.05, 0.1) is 4.88 Å².